The summed E-state index contributed by atoms with van der Waals surface area (Å²) in [6, 6.07) is 0. The highest BCUT2D eigenvalue weighted by molar-refractivity contribution is 5.75. The first kappa shape index (κ1) is 9.44. The summed E-state index contributed by atoms with van der Waals surface area (Å²) in [4.78, 5) is 11.0. The minimum absolute atomic E-state index is 0.224. The van der Waals surface area contributed by atoms with Crippen LogP contribution >= 0.6 is 0 Å². The molecule has 0 radical (unpaired) electrons. The van der Waals surface area contributed by atoms with E-state index in [0.717, 1.165) is 13.0 Å². The highest BCUT2D eigenvalue weighted by Crippen LogP contribution is 1.91. The standard InChI is InChI=1S/C7H15N3O2/c8-2-1-3-9-6-7(11)12-5-4-10-6/h6,9-10H,1-5,8H2. The Kier molecular flexibility index (Phi) is 3.99. The summed E-state index contributed by atoms with van der Waals surface area (Å²) >= 11 is 0. The van der Waals surface area contributed by atoms with E-state index < -0.39 is 0 Å². The summed E-state index contributed by atoms with van der Waals surface area (Å²) in [5.74, 6) is -0.224. The number of hydrogen-bond donors (Lipinski definition) is 3. The number of esters is 1. The molecule has 0 bridgehead atoms. The maximum Gasteiger partial charge on any atom is 0.338 e. The Bertz CT molecular complexity index is 152. The number of hydrogen-bond acceptors (Lipinski definition) is 5. The monoisotopic (exact) mass is 173 g/mol. The van der Waals surface area contributed by atoms with Gasteiger partial charge in [-0.3, -0.25) is 10.6 Å². The third kappa shape index (κ3) is 2.77. The fourth-order valence-electron chi connectivity index (χ4n) is 1.03. The second kappa shape index (κ2) is 5.08. The summed E-state index contributed by atoms with van der Waals surface area (Å²) in [7, 11) is 0. The molecular formula is C7H15N3O2. The van der Waals surface area contributed by atoms with Gasteiger partial charge in [-0.1, -0.05) is 0 Å². The molecule has 1 saturated heterocycles. The van der Waals surface area contributed by atoms with Crippen LogP contribution < -0.4 is 16.4 Å². The van der Waals surface area contributed by atoms with E-state index in [1.807, 2.05) is 0 Å². The van der Waals surface area contributed by atoms with Crippen LogP contribution in [0.15, 0.2) is 0 Å². The number of cyclic esters (lactones) is 1. The number of carbonyl (C=O) groups excluding carboxylic acids is 1. The van der Waals surface area contributed by atoms with Gasteiger partial charge in [0.05, 0.1) is 0 Å². The van der Waals surface area contributed by atoms with Crippen molar-refractivity contribution >= 4 is 5.97 Å². The van der Waals surface area contributed by atoms with E-state index in [-0.39, 0.29) is 12.1 Å². The Balaban J connectivity index is 2.16. The molecule has 12 heavy (non-hydrogen) atoms. The van der Waals surface area contributed by atoms with Crippen molar-refractivity contribution in [2.45, 2.75) is 12.6 Å². The van der Waals surface area contributed by atoms with Crippen molar-refractivity contribution in [2.75, 3.05) is 26.2 Å². The Morgan fingerprint density at radius 2 is 2.58 bits per heavy atom. The van der Waals surface area contributed by atoms with Crippen molar-refractivity contribution in [1.82, 2.24) is 10.6 Å². The van der Waals surface area contributed by atoms with Gasteiger partial charge in [-0.15, -0.1) is 0 Å². The first-order chi connectivity index (χ1) is 5.84. The molecule has 0 spiro atoms. The van der Waals surface area contributed by atoms with E-state index in [1.54, 1.807) is 0 Å². The molecule has 0 aliphatic carbocycles. The molecule has 1 atom stereocenters. The number of carbonyl (C=O) groups is 1. The average molecular weight is 173 g/mol. The van der Waals surface area contributed by atoms with Crippen molar-refractivity contribution < 1.29 is 9.53 Å². The predicted octanol–water partition coefficient (Wildman–Crippen LogP) is -1.60. The molecule has 0 aromatic rings. The lowest BCUT2D eigenvalue weighted by Crippen LogP contribution is -2.54. The maximum atomic E-state index is 11.0. The molecule has 1 heterocycles. The molecule has 1 fully saturated rings. The van der Waals surface area contributed by atoms with E-state index >= 15 is 0 Å². The van der Waals surface area contributed by atoms with Crippen LogP contribution in [0.2, 0.25) is 0 Å². The summed E-state index contributed by atoms with van der Waals surface area (Å²) in [5.41, 5.74) is 5.30. The predicted molar refractivity (Wildman–Crippen MR) is 44.4 cm³/mol. The third-order valence-electron chi connectivity index (χ3n) is 1.66. The second-order valence-electron chi connectivity index (χ2n) is 2.65. The molecule has 0 saturated carbocycles. The van der Waals surface area contributed by atoms with Gasteiger partial charge < -0.3 is 10.5 Å². The van der Waals surface area contributed by atoms with Gasteiger partial charge >= 0.3 is 5.97 Å². The summed E-state index contributed by atoms with van der Waals surface area (Å²) in [6.45, 7) is 2.55. The summed E-state index contributed by atoms with van der Waals surface area (Å²) < 4.78 is 4.83. The zero-order valence-corrected chi connectivity index (χ0v) is 7.01. The van der Waals surface area contributed by atoms with Gasteiger partial charge in [0.1, 0.15) is 6.61 Å². The molecule has 1 unspecified atom stereocenters. The zero-order chi connectivity index (χ0) is 8.81. The van der Waals surface area contributed by atoms with E-state index in [1.165, 1.54) is 0 Å². The van der Waals surface area contributed by atoms with Gasteiger partial charge in [0, 0.05) is 6.54 Å². The lowest BCUT2D eigenvalue weighted by Gasteiger charge is -2.23. The first-order valence-corrected chi connectivity index (χ1v) is 4.18. The van der Waals surface area contributed by atoms with Crippen LogP contribution in [0.4, 0.5) is 0 Å². The smallest absolute Gasteiger partial charge is 0.338 e. The SMILES string of the molecule is NCCCNC1NCCOC1=O. The molecule has 5 nitrogen and oxygen atoms in total. The van der Waals surface area contributed by atoms with E-state index in [0.29, 0.717) is 19.7 Å². The van der Waals surface area contributed by atoms with Crippen LogP contribution in [0.3, 0.4) is 0 Å². The average Bonchev–Trinajstić information content (AvgIpc) is 2.09. The topological polar surface area (TPSA) is 76.4 Å². The molecule has 0 aromatic heterocycles. The van der Waals surface area contributed by atoms with Gasteiger partial charge in [-0.25, -0.2) is 4.79 Å². The molecule has 1 aliphatic heterocycles. The second-order valence-corrected chi connectivity index (χ2v) is 2.65. The highest BCUT2D eigenvalue weighted by atomic mass is 16.5. The number of nitrogens with two attached hydrogens (primary N) is 1. The van der Waals surface area contributed by atoms with E-state index in [9.17, 15) is 4.79 Å². The molecular weight excluding hydrogens is 158 g/mol. The van der Waals surface area contributed by atoms with Crippen LogP contribution in [-0.4, -0.2) is 38.4 Å². The fourth-order valence-corrected chi connectivity index (χ4v) is 1.03. The Morgan fingerprint density at radius 3 is 3.25 bits per heavy atom. The van der Waals surface area contributed by atoms with Crippen LogP contribution in [0.25, 0.3) is 0 Å². The van der Waals surface area contributed by atoms with Crippen molar-refractivity contribution in [3.05, 3.63) is 0 Å². The largest absolute Gasteiger partial charge is 0.462 e. The zero-order valence-electron chi connectivity index (χ0n) is 7.01. The number of ether oxygens (including phenoxy) is 1. The van der Waals surface area contributed by atoms with Gasteiger partial charge in [0.15, 0.2) is 6.17 Å². The normalized spacial score (nSPS) is 23.8. The molecule has 70 valence electrons. The molecule has 4 N–H and O–H groups in total. The molecule has 0 aromatic carbocycles. The molecule has 5 heteroatoms. The van der Waals surface area contributed by atoms with Crippen molar-refractivity contribution in [1.29, 1.82) is 0 Å². The fraction of sp³-hybridized carbons (Fsp3) is 0.857. The molecule has 0 amide bonds. The Hall–Kier alpha value is -0.650. The van der Waals surface area contributed by atoms with Crippen LogP contribution in [0.5, 0.6) is 0 Å². The quantitative estimate of drug-likeness (QED) is 0.352. The van der Waals surface area contributed by atoms with Gasteiger partial charge in [0.2, 0.25) is 0 Å². The summed E-state index contributed by atoms with van der Waals surface area (Å²) in [6.07, 6.45) is 0.524. The maximum absolute atomic E-state index is 11.0. The van der Waals surface area contributed by atoms with Crippen molar-refractivity contribution in [3.8, 4) is 0 Å². The van der Waals surface area contributed by atoms with Crippen molar-refractivity contribution in [3.63, 3.8) is 0 Å². The van der Waals surface area contributed by atoms with Gasteiger partial charge in [-0.05, 0) is 19.5 Å². The van der Waals surface area contributed by atoms with Crippen molar-refractivity contribution in [2.24, 2.45) is 5.73 Å². The first-order valence-electron chi connectivity index (χ1n) is 4.18. The van der Waals surface area contributed by atoms with Crippen LogP contribution in [0, 0.1) is 0 Å². The number of rotatable bonds is 4. The Morgan fingerprint density at radius 1 is 1.75 bits per heavy atom. The number of nitrogens with one attached hydrogen (secondary N) is 2. The highest BCUT2D eigenvalue weighted by Gasteiger charge is 2.21. The van der Waals surface area contributed by atoms with Crippen LogP contribution in [0.1, 0.15) is 6.42 Å². The lowest BCUT2D eigenvalue weighted by molar-refractivity contribution is -0.150. The molecule has 1 aliphatic rings. The van der Waals surface area contributed by atoms with E-state index in [2.05, 4.69) is 10.6 Å². The minimum Gasteiger partial charge on any atom is -0.462 e. The minimum atomic E-state index is -0.342. The number of morpholine rings is 1. The van der Waals surface area contributed by atoms with Gasteiger partial charge in [-0.2, -0.15) is 0 Å². The lowest BCUT2D eigenvalue weighted by atomic mass is 10.3. The summed E-state index contributed by atoms with van der Waals surface area (Å²) in [5, 5.41) is 6.01. The van der Waals surface area contributed by atoms with E-state index in [4.69, 9.17) is 10.5 Å². The third-order valence-corrected chi connectivity index (χ3v) is 1.66. The molecule has 1 rings (SSSR count). The van der Waals surface area contributed by atoms with Gasteiger partial charge in [0.25, 0.3) is 0 Å². The van der Waals surface area contributed by atoms with Crippen LogP contribution in [-0.2, 0) is 9.53 Å². The Labute approximate surface area is 71.6 Å².